The van der Waals surface area contributed by atoms with E-state index in [0.29, 0.717) is 37.0 Å². The number of methoxy groups -OCH3 is 1. The van der Waals surface area contributed by atoms with E-state index in [1.165, 1.54) is 29.4 Å². The molecule has 6 aliphatic rings. The van der Waals surface area contributed by atoms with E-state index in [4.69, 9.17) is 18.9 Å². The van der Waals surface area contributed by atoms with Crippen molar-refractivity contribution in [3.63, 3.8) is 0 Å². The molecule has 1 aromatic rings. The molecule has 6 heteroatoms. The minimum atomic E-state index is -0.893. The number of esters is 1. The molecule has 1 unspecified atom stereocenters. The molecule has 204 valence electrons. The third-order valence-corrected chi connectivity index (χ3v) is 11.4. The van der Waals surface area contributed by atoms with Crippen LogP contribution in [-0.2, 0) is 18.9 Å². The number of aliphatic hydroxyl groups is 1. The van der Waals surface area contributed by atoms with Gasteiger partial charge in [-0.15, -0.1) is 0 Å². The summed E-state index contributed by atoms with van der Waals surface area (Å²) in [6.07, 6.45) is 7.90. The summed E-state index contributed by atoms with van der Waals surface area (Å²) in [4.78, 5) is 12.2. The normalized spacial score (nSPS) is 41.3. The van der Waals surface area contributed by atoms with Gasteiger partial charge in [-0.25, -0.2) is 4.79 Å². The van der Waals surface area contributed by atoms with Gasteiger partial charge in [-0.1, -0.05) is 31.2 Å². The fourth-order valence-electron chi connectivity index (χ4n) is 9.74. The van der Waals surface area contributed by atoms with Gasteiger partial charge in [0.05, 0.1) is 43.7 Å². The summed E-state index contributed by atoms with van der Waals surface area (Å²) in [5.41, 5.74) is 4.53. The summed E-state index contributed by atoms with van der Waals surface area (Å²) in [5, 5.41) is 12.2. The van der Waals surface area contributed by atoms with Crippen molar-refractivity contribution < 1.29 is 28.8 Å². The van der Waals surface area contributed by atoms with Gasteiger partial charge in [-0.2, -0.15) is 0 Å². The third-order valence-electron chi connectivity index (χ3n) is 11.4. The lowest BCUT2D eigenvalue weighted by atomic mass is 9.49. The number of rotatable bonds is 2. The molecule has 2 aliphatic heterocycles. The second-order valence-corrected chi connectivity index (χ2v) is 12.9. The maximum Gasteiger partial charge on any atom is 0.337 e. The molecule has 38 heavy (non-hydrogen) atoms. The first-order valence-corrected chi connectivity index (χ1v) is 14.5. The summed E-state index contributed by atoms with van der Waals surface area (Å²) in [5.74, 6) is 0.106. The van der Waals surface area contributed by atoms with Crippen LogP contribution in [0.25, 0.3) is 0 Å². The average Bonchev–Trinajstić information content (AvgIpc) is 3.61. The topological polar surface area (TPSA) is 74.2 Å². The lowest BCUT2D eigenvalue weighted by molar-refractivity contribution is -0.208. The van der Waals surface area contributed by atoms with Crippen LogP contribution in [0.15, 0.2) is 47.6 Å². The van der Waals surface area contributed by atoms with Crippen LogP contribution < -0.4 is 0 Å². The number of allylic oxidation sites excluding steroid dienone is 1. The Balaban J connectivity index is 1.35. The minimum absolute atomic E-state index is 0.0238. The summed E-state index contributed by atoms with van der Waals surface area (Å²) < 4.78 is 23.7. The molecule has 3 saturated carbocycles. The smallest absolute Gasteiger partial charge is 0.337 e. The number of hydrogen-bond donors (Lipinski definition) is 1. The van der Waals surface area contributed by atoms with E-state index in [1.54, 1.807) is 0 Å². The summed E-state index contributed by atoms with van der Waals surface area (Å²) in [7, 11) is 1.42. The van der Waals surface area contributed by atoms with Gasteiger partial charge in [0.2, 0.25) is 0 Å². The highest BCUT2D eigenvalue weighted by Crippen LogP contribution is 2.70. The van der Waals surface area contributed by atoms with Crippen molar-refractivity contribution in [3.05, 3.63) is 58.7 Å². The lowest BCUT2D eigenvalue weighted by Crippen LogP contribution is -2.55. The number of fused-ring (bicyclic) bond motifs is 5. The monoisotopic (exact) mass is 520 g/mol. The van der Waals surface area contributed by atoms with E-state index in [1.807, 2.05) is 12.1 Å². The molecule has 7 rings (SSSR count). The first kappa shape index (κ1) is 25.0. The van der Waals surface area contributed by atoms with Gasteiger partial charge in [-0.3, -0.25) is 0 Å². The predicted molar refractivity (Wildman–Crippen MR) is 142 cm³/mol. The zero-order chi connectivity index (χ0) is 26.3. The fourth-order valence-corrected chi connectivity index (χ4v) is 9.74. The Hall–Kier alpha value is -1.99. The quantitative estimate of drug-likeness (QED) is 0.413. The van der Waals surface area contributed by atoms with E-state index in [9.17, 15) is 9.90 Å². The molecule has 6 atom stereocenters. The second-order valence-electron chi connectivity index (χ2n) is 12.9. The molecular weight excluding hydrogens is 480 g/mol. The molecule has 2 spiro atoms. The van der Waals surface area contributed by atoms with Crippen LogP contribution in [-0.4, -0.2) is 55.0 Å². The molecule has 0 amide bonds. The van der Waals surface area contributed by atoms with Crippen molar-refractivity contribution in [2.75, 3.05) is 26.9 Å². The number of benzene rings is 1. The molecule has 0 radical (unpaired) electrons. The highest BCUT2D eigenvalue weighted by Gasteiger charge is 2.67. The zero-order valence-corrected chi connectivity index (χ0v) is 22.7. The van der Waals surface area contributed by atoms with E-state index >= 15 is 0 Å². The van der Waals surface area contributed by atoms with Crippen molar-refractivity contribution in [3.8, 4) is 0 Å². The van der Waals surface area contributed by atoms with Crippen LogP contribution in [0.4, 0.5) is 0 Å². The predicted octanol–water partition coefficient (Wildman–Crippen LogP) is 5.46. The Labute approximate surface area is 225 Å². The van der Waals surface area contributed by atoms with Crippen LogP contribution in [0, 0.1) is 17.3 Å². The van der Waals surface area contributed by atoms with Gasteiger partial charge < -0.3 is 24.1 Å². The molecule has 1 aromatic carbocycles. The van der Waals surface area contributed by atoms with Crippen LogP contribution in [0.1, 0.15) is 86.6 Å². The van der Waals surface area contributed by atoms with Crippen molar-refractivity contribution in [2.45, 2.75) is 87.6 Å². The largest absolute Gasteiger partial charge is 0.465 e. The van der Waals surface area contributed by atoms with Gasteiger partial charge in [0, 0.05) is 24.2 Å². The fraction of sp³-hybridized carbons (Fsp3) is 0.656. The van der Waals surface area contributed by atoms with Crippen LogP contribution >= 0.6 is 0 Å². The standard InChI is InChI=1S/C32H40O6/c1-20-11-15-38-32(20)14-10-25-23-8-12-30(34)19-31(36-16-17-37-31)13-9-26(30)27(23)24(18-29(25,32)2)21-4-6-22(7-5-21)28(33)35-3/h4-7,23-25,34H,1,8-19H2,2-3H3/t23-,24?,25-,29-,30+,32+/m0/s1. The van der Waals surface area contributed by atoms with E-state index in [0.717, 1.165) is 58.0 Å². The van der Waals surface area contributed by atoms with Gasteiger partial charge in [0.1, 0.15) is 0 Å². The summed E-state index contributed by atoms with van der Waals surface area (Å²) >= 11 is 0. The molecule has 2 saturated heterocycles. The Morgan fingerprint density at radius 1 is 1.03 bits per heavy atom. The van der Waals surface area contributed by atoms with Crippen molar-refractivity contribution >= 4 is 5.97 Å². The Bertz CT molecular complexity index is 1190. The molecule has 6 nitrogen and oxygen atoms in total. The number of ether oxygens (including phenoxy) is 4. The SMILES string of the molecule is C=C1CCO[C@]12CC[C@H]1[C@@H]3CC[C@@]4(O)CC5(CCC4=C3C(c3ccc(C(=O)OC)cc3)C[C@@]12C)OCCO5. The highest BCUT2D eigenvalue weighted by molar-refractivity contribution is 5.89. The van der Waals surface area contributed by atoms with E-state index < -0.39 is 11.4 Å². The van der Waals surface area contributed by atoms with Gasteiger partial charge in [0.25, 0.3) is 0 Å². The number of carbonyl (C=O) groups is 1. The molecule has 1 N–H and O–H groups in total. The first-order chi connectivity index (χ1) is 18.2. The number of hydrogen-bond acceptors (Lipinski definition) is 6. The third kappa shape index (κ3) is 3.30. The molecule has 2 heterocycles. The van der Waals surface area contributed by atoms with Gasteiger partial charge >= 0.3 is 5.97 Å². The van der Waals surface area contributed by atoms with Crippen LogP contribution in [0.3, 0.4) is 0 Å². The van der Waals surface area contributed by atoms with Gasteiger partial charge in [0.15, 0.2) is 5.79 Å². The molecule has 5 fully saturated rings. The van der Waals surface area contributed by atoms with Crippen molar-refractivity contribution in [1.82, 2.24) is 0 Å². The molecule has 4 aliphatic carbocycles. The lowest BCUT2D eigenvalue weighted by Gasteiger charge is -2.58. The van der Waals surface area contributed by atoms with Gasteiger partial charge in [-0.05, 0) is 85.6 Å². The first-order valence-electron chi connectivity index (χ1n) is 14.5. The Morgan fingerprint density at radius 3 is 2.47 bits per heavy atom. The van der Waals surface area contributed by atoms with Crippen molar-refractivity contribution in [2.24, 2.45) is 17.3 Å². The Kier molecular flexibility index (Phi) is 5.60. The number of carbonyl (C=O) groups excluding carboxylic acids is 1. The average molecular weight is 521 g/mol. The minimum Gasteiger partial charge on any atom is -0.465 e. The van der Waals surface area contributed by atoms with Crippen LogP contribution in [0.5, 0.6) is 0 Å². The highest BCUT2D eigenvalue weighted by atomic mass is 16.7. The van der Waals surface area contributed by atoms with Crippen molar-refractivity contribution in [1.29, 1.82) is 0 Å². The van der Waals surface area contributed by atoms with E-state index in [2.05, 4.69) is 25.6 Å². The second kappa shape index (κ2) is 8.50. The summed E-state index contributed by atoms with van der Waals surface area (Å²) in [6, 6.07) is 7.96. The maximum atomic E-state index is 12.2. The maximum absolute atomic E-state index is 12.2. The van der Waals surface area contributed by atoms with Crippen LogP contribution in [0.2, 0.25) is 0 Å². The molecule has 0 aromatic heterocycles. The van der Waals surface area contributed by atoms with E-state index in [-0.39, 0.29) is 22.9 Å². The molecule has 0 bridgehead atoms. The Morgan fingerprint density at radius 2 is 1.79 bits per heavy atom. The molecular formula is C32H40O6. The zero-order valence-electron chi connectivity index (χ0n) is 22.7. The summed E-state index contributed by atoms with van der Waals surface area (Å²) in [6.45, 7) is 8.95.